The van der Waals surface area contributed by atoms with Crippen molar-refractivity contribution in [2.24, 2.45) is 0 Å². The fourth-order valence-corrected chi connectivity index (χ4v) is 7.59. The summed E-state index contributed by atoms with van der Waals surface area (Å²) >= 11 is 6.42. The highest BCUT2D eigenvalue weighted by Crippen LogP contribution is 2.50. The van der Waals surface area contributed by atoms with Crippen LogP contribution in [-0.2, 0) is 10.9 Å². The van der Waals surface area contributed by atoms with E-state index in [0.29, 0.717) is 42.8 Å². The third-order valence-corrected chi connectivity index (χ3v) is 10.6. The number of esters is 1. The first kappa shape index (κ1) is 36.8. The van der Waals surface area contributed by atoms with Crippen molar-refractivity contribution < 1.29 is 41.8 Å². The molecule has 56 heavy (non-hydrogen) atoms. The zero-order chi connectivity index (χ0) is 39.5. The summed E-state index contributed by atoms with van der Waals surface area (Å²) in [5.41, 5.74) is -0.809. The number of alkyl halides is 4. The molecule has 8 rings (SSSR count). The number of anilines is 2. The van der Waals surface area contributed by atoms with Crippen molar-refractivity contribution in [1.82, 2.24) is 24.8 Å². The van der Waals surface area contributed by atoms with Gasteiger partial charge in [-0.2, -0.15) is 13.2 Å². The molecule has 1 atom stereocenters. The van der Waals surface area contributed by atoms with E-state index >= 15 is 0 Å². The van der Waals surface area contributed by atoms with Gasteiger partial charge in [-0.05, 0) is 48.3 Å². The SMILES string of the molecule is COC(=O)c1c(C(F)(F)F)[nH]c2c(OC(=O)N3CCN(C)CC3)cc3c(c12)[C@H](CCl)CN3C(=O)c1cc2cc(NC(=O)c3cc4ccccc4cn3)ccc2[nH]1. The number of nitrogens with zero attached hydrogens (tertiary/aromatic N) is 4. The molecule has 1 fully saturated rings. The Morgan fingerprint density at radius 1 is 0.964 bits per heavy atom. The molecule has 1 saturated heterocycles. The minimum absolute atomic E-state index is 0.0643. The molecule has 17 heteroatoms. The van der Waals surface area contributed by atoms with Gasteiger partial charge in [0, 0.05) is 84.1 Å². The molecule has 5 heterocycles. The van der Waals surface area contributed by atoms with Crippen molar-refractivity contribution in [3.05, 3.63) is 95.1 Å². The van der Waals surface area contributed by atoms with Crippen LogP contribution < -0.4 is 15.0 Å². The second-order valence-corrected chi connectivity index (χ2v) is 14.0. The van der Waals surface area contributed by atoms with Crippen LogP contribution in [0.5, 0.6) is 5.75 Å². The molecule has 0 radical (unpaired) electrons. The van der Waals surface area contributed by atoms with Crippen LogP contribution in [0.2, 0.25) is 0 Å². The van der Waals surface area contributed by atoms with E-state index in [1.54, 1.807) is 36.5 Å². The first-order valence-electron chi connectivity index (χ1n) is 17.5. The van der Waals surface area contributed by atoms with Crippen LogP contribution >= 0.6 is 11.6 Å². The van der Waals surface area contributed by atoms with Gasteiger partial charge < -0.3 is 39.5 Å². The van der Waals surface area contributed by atoms with Gasteiger partial charge >= 0.3 is 18.2 Å². The number of carbonyl (C=O) groups is 4. The number of nitrogens with one attached hydrogen (secondary N) is 3. The van der Waals surface area contributed by atoms with Crippen LogP contribution in [0.4, 0.5) is 29.3 Å². The largest absolute Gasteiger partial charge is 0.465 e. The topological polar surface area (TPSA) is 153 Å². The van der Waals surface area contributed by atoms with Crippen LogP contribution in [0, 0.1) is 0 Å². The Balaban J connectivity index is 1.17. The van der Waals surface area contributed by atoms with Gasteiger partial charge in [-0.15, -0.1) is 11.6 Å². The van der Waals surface area contributed by atoms with Gasteiger partial charge in [0.05, 0.1) is 23.9 Å². The number of aromatic amines is 2. The molecule has 288 valence electrons. The first-order chi connectivity index (χ1) is 26.8. The monoisotopic (exact) mass is 787 g/mol. The Hall–Kier alpha value is -6.13. The number of carbonyl (C=O) groups excluding carboxylic acids is 4. The van der Waals surface area contributed by atoms with Crippen molar-refractivity contribution in [1.29, 1.82) is 0 Å². The van der Waals surface area contributed by atoms with E-state index < -0.39 is 47.2 Å². The highest BCUT2D eigenvalue weighted by atomic mass is 35.5. The number of aromatic nitrogens is 3. The predicted octanol–water partition coefficient (Wildman–Crippen LogP) is 6.98. The van der Waals surface area contributed by atoms with Crippen LogP contribution in [0.15, 0.2) is 66.9 Å². The van der Waals surface area contributed by atoms with Gasteiger partial charge in [-0.3, -0.25) is 14.6 Å². The maximum Gasteiger partial charge on any atom is 0.432 e. The van der Waals surface area contributed by atoms with Gasteiger partial charge in [0.15, 0.2) is 5.75 Å². The van der Waals surface area contributed by atoms with Crippen LogP contribution in [0.25, 0.3) is 32.6 Å². The number of ether oxygens (including phenoxy) is 2. The Kier molecular flexibility index (Phi) is 9.32. The van der Waals surface area contributed by atoms with Crippen molar-refractivity contribution in [3.63, 3.8) is 0 Å². The summed E-state index contributed by atoms with van der Waals surface area (Å²) in [6, 6.07) is 17.2. The number of halogens is 4. The van der Waals surface area contributed by atoms with Crippen molar-refractivity contribution in [2.45, 2.75) is 12.1 Å². The van der Waals surface area contributed by atoms with Crippen molar-refractivity contribution in [2.75, 3.05) is 63.0 Å². The Morgan fingerprint density at radius 2 is 1.71 bits per heavy atom. The average molecular weight is 788 g/mol. The summed E-state index contributed by atoms with van der Waals surface area (Å²) in [7, 11) is 2.85. The number of pyridine rings is 1. The second-order valence-electron chi connectivity index (χ2n) is 13.7. The fourth-order valence-electron chi connectivity index (χ4n) is 7.34. The lowest BCUT2D eigenvalue weighted by molar-refractivity contribution is -0.141. The van der Waals surface area contributed by atoms with Gasteiger partial charge in [0.2, 0.25) is 0 Å². The molecule has 3 aromatic carbocycles. The summed E-state index contributed by atoms with van der Waals surface area (Å²) in [6.45, 7) is 1.69. The fraction of sp³-hybridized carbons (Fsp3) is 0.256. The molecule has 0 bridgehead atoms. The molecule has 0 aliphatic carbocycles. The lowest BCUT2D eigenvalue weighted by Crippen LogP contribution is -2.48. The lowest BCUT2D eigenvalue weighted by Gasteiger charge is -2.31. The maximum absolute atomic E-state index is 14.5. The third-order valence-electron chi connectivity index (χ3n) is 10.2. The number of piperazine rings is 1. The van der Waals surface area contributed by atoms with Crippen molar-refractivity contribution in [3.8, 4) is 5.75 Å². The smallest absolute Gasteiger partial charge is 0.432 e. The molecule has 0 saturated carbocycles. The van der Waals surface area contributed by atoms with Gasteiger partial charge in [-0.1, -0.05) is 24.3 Å². The normalized spacial score (nSPS) is 16.1. The van der Waals surface area contributed by atoms with Crippen molar-refractivity contribution >= 4 is 79.4 Å². The molecule has 3 N–H and O–H groups in total. The first-order valence-corrected chi connectivity index (χ1v) is 18.1. The number of likely N-dealkylation sites (N-methyl/N-ethyl adjacent to an activating group) is 1. The standard InChI is InChI=1S/C39H33ClF3N7O6/c1-48-9-11-49(12-10-48)38(54)56-29-16-28-30(31-32(37(53)55-2)34(39(41,42)43)47-33(29)31)23(17-40)19-50(28)36(52)27-15-22-13-24(7-8-25(22)46-27)45-35(51)26-14-20-5-3-4-6-21(20)18-44-26/h3-8,13-16,18,23,46-47H,9-12,17,19H2,1-2H3,(H,45,51)/t23-/m1/s1. The summed E-state index contributed by atoms with van der Waals surface area (Å²) < 4.78 is 54.2. The lowest BCUT2D eigenvalue weighted by atomic mass is 9.95. The van der Waals surface area contributed by atoms with E-state index in [1.807, 2.05) is 36.2 Å². The quantitative estimate of drug-likeness (QED) is 0.121. The molecule has 6 aromatic rings. The molecule has 3 amide bonds. The third kappa shape index (κ3) is 6.53. The molecule has 3 aromatic heterocycles. The summed E-state index contributed by atoms with van der Waals surface area (Å²) in [5.74, 6) is -3.43. The zero-order valence-electron chi connectivity index (χ0n) is 29.9. The van der Waals surface area contributed by atoms with E-state index in [-0.39, 0.29) is 51.7 Å². The molecule has 2 aliphatic heterocycles. The van der Waals surface area contributed by atoms with Gasteiger partial charge in [0.1, 0.15) is 17.1 Å². The number of amides is 3. The summed E-state index contributed by atoms with van der Waals surface area (Å²) in [5, 5.41) is 4.96. The highest BCUT2D eigenvalue weighted by Gasteiger charge is 2.44. The van der Waals surface area contributed by atoms with E-state index in [4.69, 9.17) is 21.1 Å². The maximum atomic E-state index is 14.5. The molecule has 13 nitrogen and oxygen atoms in total. The second kappa shape index (κ2) is 14.2. The Labute approximate surface area is 321 Å². The Bertz CT molecular complexity index is 2580. The Morgan fingerprint density at radius 3 is 2.43 bits per heavy atom. The van der Waals surface area contributed by atoms with Crippen LogP contribution in [0.3, 0.4) is 0 Å². The van der Waals surface area contributed by atoms with E-state index in [1.165, 1.54) is 15.9 Å². The van der Waals surface area contributed by atoms with E-state index in [9.17, 15) is 32.3 Å². The molecule has 0 spiro atoms. The highest BCUT2D eigenvalue weighted by molar-refractivity contribution is 6.20. The van der Waals surface area contributed by atoms with E-state index in [0.717, 1.165) is 17.9 Å². The minimum Gasteiger partial charge on any atom is -0.465 e. The van der Waals surface area contributed by atoms with Gasteiger partial charge in [0.25, 0.3) is 11.8 Å². The zero-order valence-corrected chi connectivity index (χ0v) is 30.7. The number of methoxy groups -OCH3 is 1. The molecular formula is C39H33ClF3N7O6. The van der Waals surface area contributed by atoms with E-state index in [2.05, 4.69) is 20.3 Å². The molecule has 2 aliphatic rings. The summed E-state index contributed by atoms with van der Waals surface area (Å²) in [6.07, 6.45) is -4.22. The number of hydrogen-bond acceptors (Lipinski definition) is 8. The van der Waals surface area contributed by atoms with Crippen LogP contribution in [0.1, 0.15) is 48.5 Å². The van der Waals surface area contributed by atoms with Crippen LogP contribution in [-0.4, -0.2) is 101 Å². The predicted molar refractivity (Wildman–Crippen MR) is 203 cm³/mol. The number of rotatable bonds is 6. The number of H-pyrrole nitrogens is 2. The average Bonchev–Trinajstić information content (AvgIpc) is 3.91. The number of benzene rings is 3. The minimum atomic E-state index is -5.03. The number of hydrogen-bond donors (Lipinski definition) is 3. The molecule has 0 unspecified atom stereocenters. The molecular weight excluding hydrogens is 755 g/mol. The van der Waals surface area contributed by atoms with Gasteiger partial charge in [-0.25, -0.2) is 9.59 Å². The number of fused-ring (bicyclic) bond motifs is 5. The summed E-state index contributed by atoms with van der Waals surface area (Å²) in [4.78, 5) is 68.4.